The molecule has 0 saturated carbocycles. The summed E-state index contributed by atoms with van der Waals surface area (Å²) >= 11 is 2.95. The summed E-state index contributed by atoms with van der Waals surface area (Å²) in [5.41, 5.74) is 3.41. The van der Waals surface area contributed by atoms with Crippen LogP contribution >= 0.6 is 22.7 Å². The Labute approximate surface area is 207 Å². The van der Waals surface area contributed by atoms with Crippen molar-refractivity contribution in [1.29, 1.82) is 5.26 Å². The molecule has 0 aliphatic rings. The van der Waals surface area contributed by atoms with Crippen molar-refractivity contribution in [3.05, 3.63) is 62.2 Å². The van der Waals surface area contributed by atoms with E-state index in [1.165, 1.54) is 22.7 Å². The zero-order chi connectivity index (χ0) is 24.7. The quantitative estimate of drug-likeness (QED) is 0.349. The maximum Gasteiger partial charge on any atom is 0.305 e. The zero-order valence-electron chi connectivity index (χ0n) is 19.5. The van der Waals surface area contributed by atoms with Crippen molar-refractivity contribution in [3.63, 3.8) is 0 Å². The Kier molecular flexibility index (Phi) is 8.85. The molecule has 0 saturated heterocycles. The van der Waals surface area contributed by atoms with E-state index in [4.69, 9.17) is 15.1 Å². The molecule has 1 aromatic carbocycles. The van der Waals surface area contributed by atoms with Gasteiger partial charge in [0.1, 0.15) is 16.7 Å². The molecule has 3 rings (SSSR count). The minimum Gasteiger partial charge on any atom is -0.493 e. The van der Waals surface area contributed by atoms with E-state index < -0.39 is 5.97 Å². The normalized spacial score (nSPS) is 11.6. The minimum atomic E-state index is -0.929. The molecule has 0 spiro atoms. The van der Waals surface area contributed by atoms with Crippen LogP contribution in [-0.2, 0) is 11.2 Å². The van der Waals surface area contributed by atoms with E-state index in [2.05, 4.69) is 44.3 Å². The molecule has 178 valence electrons. The number of benzene rings is 1. The van der Waals surface area contributed by atoms with Gasteiger partial charge < -0.3 is 15.2 Å². The van der Waals surface area contributed by atoms with Crippen molar-refractivity contribution >= 4 is 34.6 Å². The van der Waals surface area contributed by atoms with E-state index in [1.54, 1.807) is 6.07 Å². The molecule has 1 amide bonds. The second kappa shape index (κ2) is 11.8. The lowest BCUT2D eigenvalue weighted by Crippen LogP contribution is -2.25. The first kappa shape index (κ1) is 25.5. The van der Waals surface area contributed by atoms with Crippen LogP contribution < -0.4 is 10.1 Å². The third-order valence-corrected chi connectivity index (χ3v) is 7.55. The predicted octanol–water partition coefficient (Wildman–Crippen LogP) is 5.82. The molecular weight excluding hydrogens is 468 g/mol. The molecule has 0 radical (unpaired) electrons. The molecule has 8 heteroatoms. The van der Waals surface area contributed by atoms with Crippen LogP contribution in [0.3, 0.4) is 0 Å². The number of hydrogen-bond acceptors (Lipinski definition) is 6. The van der Waals surface area contributed by atoms with E-state index >= 15 is 0 Å². The average Bonchev–Trinajstić information content (AvgIpc) is 3.45. The predicted molar refractivity (Wildman–Crippen MR) is 136 cm³/mol. The summed E-state index contributed by atoms with van der Waals surface area (Å²) in [6.07, 6.45) is 1.70. The highest BCUT2D eigenvalue weighted by atomic mass is 32.1. The lowest BCUT2D eigenvalue weighted by Gasteiger charge is -2.15. The number of aliphatic carboxylic acids is 1. The summed E-state index contributed by atoms with van der Waals surface area (Å²) in [4.78, 5) is 26.2. The van der Waals surface area contributed by atoms with Crippen molar-refractivity contribution in [3.8, 4) is 22.3 Å². The molecule has 0 aliphatic heterocycles. The molecule has 2 N–H and O–H groups in total. The summed E-state index contributed by atoms with van der Waals surface area (Å²) in [5, 5.41) is 20.4. The van der Waals surface area contributed by atoms with E-state index in [0.29, 0.717) is 22.3 Å². The van der Waals surface area contributed by atoms with Crippen molar-refractivity contribution in [1.82, 2.24) is 5.32 Å². The SMILES string of the molecule is Cc1cc(OCC(C)CCc2ccc(C(=O)NCCC(=O)O)s2)cc(C)c1-c1ccc(C#N)s1. The molecule has 0 aliphatic carbocycles. The van der Waals surface area contributed by atoms with Gasteiger partial charge in [-0.1, -0.05) is 6.92 Å². The fourth-order valence-electron chi connectivity index (χ4n) is 3.64. The third-order valence-electron chi connectivity index (χ3n) is 5.40. The van der Waals surface area contributed by atoms with Crippen LogP contribution in [0, 0.1) is 31.1 Å². The van der Waals surface area contributed by atoms with Crippen molar-refractivity contribution < 1.29 is 19.4 Å². The zero-order valence-corrected chi connectivity index (χ0v) is 21.1. The summed E-state index contributed by atoms with van der Waals surface area (Å²) in [6, 6.07) is 13.9. The molecule has 2 aromatic heterocycles. The van der Waals surface area contributed by atoms with Gasteiger partial charge in [0, 0.05) is 16.3 Å². The number of carboxylic acid groups (broad SMARTS) is 1. The molecule has 3 aromatic rings. The molecule has 1 unspecified atom stereocenters. The molecular formula is C26H28N2O4S2. The largest absolute Gasteiger partial charge is 0.493 e. The molecule has 1 atom stereocenters. The van der Waals surface area contributed by atoms with E-state index in [1.807, 2.05) is 18.2 Å². The van der Waals surface area contributed by atoms with Crippen molar-refractivity contribution in [2.75, 3.05) is 13.2 Å². The number of carbonyl (C=O) groups excluding carboxylic acids is 1. The summed E-state index contributed by atoms with van der Waals surface area (Å²) in [7, 11) is 0. The number of amides is 1. The van der Waals surface area contributed by atoms with Crippen LogP contribution in [-0.4, -0.2) is 30.1 Å². The Morgan fingerprint density at radius 3 is 2.53 bits per heavy atom. The number of nitrogens with one attached hydrogen (secondary N) is 1. The number of aryl methyl sites for hydroxylation is 3. The Bertz CT molecular complexity index is 1180. The molecule has 34 heavy (non-hydrogen) atoms. The molecule has 2 heterocycles. The second-order valence-corrected chi connectivity index (χ2v) is 10.6. The average molecular weight is 497 g/mol. The van der Waals surface area contributed by atoms with Crippen LogP contribution in [0.4, 0.5) is 0 Å². The van der Waals surface area contributed by atoms with Gasteiger partial charge in [-0.3, -0.25) is 9.59 Å². The molecule has 0 bridgehead atoms. The third kappa shape index (κ3) is 6.92. The van der Waals surface area contributed by atoms with E-state index in [9.17, 15) is 9.59 Å². The maximum atomic E-state index is 12.1. The topological polar surface area (TPSA) is 99.4 Å². The summed E-state index contributed by atoms with van der Waals surface area (Å²) in [5.74, 6) is 0.0284. The first-order valence-corrected chi connectivity index (χ1v) is 12.7. The van der Waals surface area contributed by atoms with Gasteiger partial charge in [0.2, 0.25) is 0 Å². The Balaban J connectivity index is 1.49. The summed E-state index contributed by atoms with van der Waals surface area (Å²) in [6.45, 7) is 7.01. The number of nitrogens with zero attached hydrogens (tertiary/aromatic N) is 1. The first-order valence-electron chi connectivity index (χ1n) is 11.1. The number of nitriles is 1. The Morgan fingerprint density at radius 1 is 1.15 bits per heavy atom. The number of carbonyl (C=O) groups is 2. The highest BCUT2D eigenvalue weighted by molar-refractivity contribution is 7.16. The lowest BCUT2D eigenvalue weighted by molar-refractivity contribution is -0.136. The smallest absolute Gasteiger partial charge is 0.305 e. The fourth-order valence-corrected chi connectivity index (χ4v) is 5.56. The molecule has 6 nitrogen and oxygen atoms in total. The lowest BCUT2D eigenvalue weighted by atomic mass is 10.0. The van der Waals surface area contributed by atoms with Gasteiger partial charge in [0.05, 0.1) is 17.9 Å². The first-order chi connectivity index (χ1) is 16.3. The Hall–Kier alpha value is -3.15. The van der Waals surface area contributed by atoms with E-state index in [0.717, 1.165) is 45.0 Å². The standard InChI is InChI=1S/C26H28N2O4S2/c1-16(4-5-20-6-9-23(33-20)26(31)28-11-10-24(29)30)15-32-19-12-17(2)25(18(3)13-19)22-8-7-21(14-27)34-22/h6-9,12-13,16H,4-5,10-11,15H2,1-3H3,(H,28,31)(H,29,30). The van der Waals surface area contributed by atoms with Crippen LogP contribution in [0.5, 0.6) is 5.75 Å². The number of rotatable bonds is 11. The van der Waals surface area contributed by atoms with Gasteiger partial charge in [-0.05, 0) is 85.7 Å². The van der Waals surface area contributed by atoms with Gasteiger partial charge in [0.25, 0.3) is 5.91 Å². The minimum absolute atomic E-state index is 0.0839. The van der Waals surface area contributed by atoms with Crippen LogP contribution in [0.25, 0.3) is 10.4 Å². The van der Waals surface area contributed by atoms with Crippen LogP contribution in [0.15, 0.2) is 36.4 Å². The number of carboxylic acids is 1. The van der Waals surface area contributed by atoms with Crippen LogP contribution in [0.1, 0.15) is 50.3 Å². The summed E-state index contributed by atoms with van der Waals surface area (Å²) < 4.78 is 6.08. The second-order valence-electron chi connectivity index (χ2n) is 8.33. The maximum absolute atomic E-state index is 12.1. The fraction of sp³-hybridized carbons (Fsp3) is 0.346. The van der Waals surface area contributed by atoms with E-state index in [-0.39, 0.29) is 18.9 Å². The van der Waals surface area contributed by atoms with Gasteiger partial charge in [-0.25, -0.2) is 0 Å². The van der Waals surface area contributed by atoms with Gasteiger partial charge in [-0.15, -0.1) is 22.7 Å². The van der Waals surface area contributed by atoms with Crippen molar-refractivity contribution in [2.45, 2.75) is 40.0 Å². The monoisotopic (exact) mass is 496 g/mol. The number of ether oxygens (including phenoxy) is 1. The van der Waals surface area contributed by atoms with Gasteiger partial charge in [0.15, 0.2) is 0 Å². The van der Waals surface area contributed by atoms with Gasteiger partial charge >= 0.3 is 5.97 Å². The molecule has 0 fully saturated rings. The van der Waals surface area contributed by atoms with Crippen molar-refractivity contribution in [2.24, 2.45) is 5.92 Å². The number of thiophene rings is 2. The highest BCUT2D eigenvalue weighted by Crippen LogP contribution is 2.35. The van der Waals surface area contributed by atoms with Crippen LogP contribution in [0.2, 0.25) is 0 Å². The highest BCUT2D eigenvalue weighted by Gasteiger charge is 2.13. The Morgan fingerprint density at radius 2 is 1.88 bits per heavy atom. The van der Waals surface area contributed by atoms with Gasteiger partial charge in [-0.2, -0.15) is 5.26 Å². The number of hydrogen-bond donors (Lipinski definition) is 2.